The minimum atomic E-state index is -3.15. The quantitative estimate of drug-likeness (QED) is 0.341. The van der Waals surface area contributed by atoms with Crippen molar-refractivity contribution in [1.82, 2.24) is 24.5 Å². The normalized spacial score (nSPS) is 11.5. The number of amides is 1. The van der Waals surface area contributed by atoms with Crippen LogP contribution in [0.2, 0.25) is 5.02 Å². The topological polar surface area (TPSA) is 90.8 Å². The van der Waals surface area contributed by atoms with Gasteiger partial charge in [0.25, 0.3) is 18.8 Å². The van der Waals surface area contributed by atoms with Crippen molar-refractivity contribution in [3.8, 4) is 0 Å². The molecule has 0 spiro atoms. The highest BCUT2D eigenvalue weighted by atomic mass is 35.5. The van der Waals surface area contributed by atoms with E-state index in [1.165, 1.54) is 35.3 Å². The van der Waals surface area contributed by atoms with Crippen LogP contribution in [0.1, 0.15) is 46.1 Å². The number of hydrogen-bond acceptors (Lipinski definition) is 5. The molecule has 0 radical (unpaired) electrons. The molecule has 0 aliphatic rings. The molecule has 0 aliphatic carbocycles. The lowest BCUT2D eigenvalue weighted by Gasteiger charge is -2.05. The van der Waals surface area contributed by atoms with Gasteiger partial charge in [0.2, 0.25) is 5.95 Å². The van der Waals surface area contributed by atoms with E-state index in [0.29, 0.717) is 10.2 Å². The van der Waals surface area contributed by atoms with Gasteiger partial charge in [-0.1, -0.05) is 23.7 Å². The van der Waals surface area contributed by atoms with Gasteiger partial charge in [0.1, 0.15) is 29.3 Å². The molecule has 1 N–H and O–H groups in total. The summed E-state index contributed by atoms with van der Waals surface area (Å²) in [7, 11) is 0. The van der Waals surface area contributed by atoms with Crippen LogP contribution in [0.4, 0.5) is 27.9 Å². The van der Waals surface area contributed by atoms with Gasteiger partial charge < -0.3 is 4.42 Å². The fourth-order valence-electron chi connectivity index (χ4n) is 3.09. The lowest BCUT2D eigenvalue weighted by molar-refractivity contribution is 0.0993. The van der Waals surface area contributed by atoms with E-state index in [1.807, 2.05) is 0 Å². The van der Waals surface area contributed by atoms with Crippen LogP contribution in [0, 0.1) is 5.82 Å². The van der Waals surface area contributed by atoms with E-state index in [-0.39, 0.29) is 24.0 Å². The van der Waals surface area contributed by atoms with Crippen LogP contribution >= 0.6 is 11.6 Å². The molecule has 0 aliphatic heterocycles. The molecule has 8 nitrogen and oxygen atoms in total. The fourth-order valence-corrected chi connectivity index (χ4v) is 3.39. The number of aromatic nitrogens is 5. The molecular weight excluding hydrogens is 487 g/mol. The molecule has 1 aromatic carbocycles. The monoisotopic (exact) mass is 500 g/mol. The Morgan fingerprint density at radius 3 is 2.59 bits per heavy atom. The Labute approximate surface area is 192 Å². The van der Waals surface area contributed by atoms with Crippen LogP contribution in [0.15, 0.2) is 47.1 Å². The number of hydrogen-bond donors (Lipinski definition) is 1. The molecule has 0 fully saturated rings. The summed E-state index contributed by atoms with van der Waals surface area (Å²) in [5.74, 6) is -1.40. The molecule has 0 atom stereocenters. The van der Waals surface area contributed by atoms with Gasteiger partial charge in [-0.3, -0.25) is 14.8 Å². The molecule has 1 amide bonds. The van der Waals surface area contributed by atoms with Crippen LogP contribution < -0.4 is 5.32 Å². The Bertz CT molecular complexity index is 1320. The molecule has 0 saturated heterocycles. The number of halogens is 6. The molecule has 3 heterocycles. The standard InChI is InChI=1S/C20H14ClF5N6O2/c21-14-15(17(23)24)29-32(16(14)18(25)26)8-12-4-5-13(34-12)19(33)28-20-27-9-31(30-20)7-10-2-1-3-11(22)6-10/h1-6,9,17-18H,7-8H2,(H,28,30,33). The number of rotatable bonds is 8. The second-order valence-corrected chi connectivity index (χ2v) is 7.34. The third kappa shape index (κ3) is 5.09. The minimum absolute atomic E-state index is 0.00312. The van der Waals surface area contributed by atoms with E-state index in [1.54, 1.807) is 12.1 Å². The first-order valence-electron chi connectivity index (χ1n) is 9.57. The molecule has 4 aromatic rings. The average Bonchev–Trinajstić information content (AvgIpc) is 3.48. The van der Waals surface area contributed by atoms with Crippen molar-refractivity contribution in [3.63, 3.8) is 0 Å². The van der Waals surface area contributed by atoms with Crippen LogP contribution in [-0.4, -0.2) is 30.5 Å². The maximum absolute atomic E-state index is 13.3. The highest BCUT2D eigenvalue weighted by Gasteiger charge is 2.28. The van der Waals surface area contributed by atoms with Gasteiger partial charge >= 0.3 is 0 Å². The van der Waals surface area contributed by atoms with E-state index in [0.717, 1.165) is 0 Å². The van der Waals surface area contributed by atoms with E-state index >= 15 is 0 Å². The van der Waals surface area contributed by atoms with Crippen LogP contribution in [0.3, 0.4) is 0 Å². The molecule has 0 unspecified atom stereocenters. The molecule has 4 rings (SSSR count). The zero-order valence-electron chi connectivity index (χ0n) is 16.9. The lowest BCUT2D eigenvalue weighted by atomic mass is 10.2. The largest absolute Gasteiger partial charge is 0.454 e. The fraction of sp³-hybridized carbons (Fsp3) is 0.200. The van der Waals surface area contributed by atoms with Gasteiger partial charge in [-0.2, -0.15) is 5.10 Å². The Morgan fingerprint density at radius 2 is 1.88 bits per heavy atom. The van der Waals surface area contributed by atoms with Gasteiger partial charge in [-0.15, -0.1) is 5.10 Å². The number of furan rings is 1. The molecule has 0 saturated carbocycles. The summed E-state index contributed by atoms with van der Waals surface area (Å²) in [5, 5.41) is 9.07. The third-order valence-electron chi connectivity index (χ3n) is 4.56. The van der Waals surface area contributed by atoms with Crippen molar-refractivity contribution < 1.29 is 31.2 Å². The first-order valence-corrected chi connectivity index (χ1v) is 9.95. The van der Waals surface area contributed by atoms with Gasteiger partial charge in [0.05, 0.1) is 18.1 Å². The van der Waals surface area contributed by atoms with E-state index in [4.69, 9.17) is 16.0 Å². The SMILES string of the molecule is O=C(Nc1ncn(Cc2cccc(F)c2)n1)c1ccc(Cn2nc(C(F)F)c(Cl)c2C(F)F)o1. The number of carbonyl (C=O) groups is 1. The third-order valence-corrected chi connectivity index (χ3v) is 4.94. The maximum Gasteiger partial charge on any atom is 0.293 e. The van der Waals surface area contributed by atoms with Crippen molar-refractivity contribution in [2.45, 2.75) is 25.9 Å². The van der Waals surface area contributed by atoms with Gasteiger partial charge in [-0.25, -0.2) is 31.6 Å². The van der Waals surface area contributed by atoms with E-state index in [9.17, 15) is 26.7 Å². The van der Waals surface area contributed by atoms with Gasteiger partial charge in [-0.05, 0) is 29.8 Å². The minimum Gasteiger partial charge on any atom is -0.454 e. The van der Waals surface area contributed by atoms with Crippen molar-refractivity contribution in [3.05, 3.63) is 82.0 Å². The maximum atomic E-state index is 13.3. The zero-order valence-corrected chi connectivity index (χ0v) is 17.7. The second kappa shape index (κ2) is 9.63. The van der Waals surface area contributed by atoms with Crippen LogP contribution in [-0.2, 0) is 13.1 Å². The summed E-state index contributed by atoms with van der Waals surface area (Å²) in [4.78, 5) is 16.3. The summed E-state index contributed by atoms with van der Waals surface area (Å²) in [6.45, 7) is -0.245. The molecule has 34 heavy (non-hydrogen) atoms. The molecule has 3 aromatic heterocycles. The number of alkyl halides is 4. The summed E-state index contributed by atoms with van der Waals surface area (Å²) in [6.07, 6.45) is -4.96. The number of carbonyl (C=O) groups excluding carboxylic acids is 1. The van der Waals surface area contributed by atoms with E-state index < -0.39 is 47.5 Å². The van der Waals surface area contributed by atoms with Crippen LogP contribution in [0.5, 0.6) is 0 Å². The first-order chi connectivity index (χ1) is 16.2. The number of benzene rings is 1. The van der Waals surface area contributed by atoms with Crippen molar-refractivity contribution in [2.24, 2.45) is 0 Å². The average molecular weight is 501 g/mol. The van der Waals surface area contributed by atoms with E-state index in [2.05, 4.69) is 20.5 Å². The Morgan fingerprint density at radius 1 is 1.09 bits per heavy atom. The zero-order chi connectivity index (χ0) is 24.4. The number of anilines is 1. The molecule has 0 bridgehead atoms. The smallest absolute Gasteiger partial charge is 0.293 e. The Hall–Kier alpha value is -3.74. The summed E-state index contributed by atoms with van der Waals surface area (Å²) in [6, 6.07) is 8.45. The van der Waals surface area contributed by atoms with Crippen molar-refractivity contribution in [2.75, 3.05) is 5.32 Å². The Balaban J connectivity index is 1.43. The summed E-state index contributed by atoms with van der Waals surface area (Å²) >= 11 is 5.62. The Kier molecular flexibility index (Phi) is 6.63. The van der Waals surface area contributed by atoms with Crippen LogP contribution in [0.25, 0.3) is 0 Å². The first kappa shape index (κ1) is 23.4. The highest BCUT2D eigenvalue weighted by molar-refractivity contribution is 6.32. The lowest BCUT2D eigenvalue weighted by Crippen LogP contribution is -2.13. The molecule has 178 valence electrons. The van der Waals surface area contributed by atoms with Crippen molar-refractivity contribution >= 4 is 23.5 Å². The summed E-state index contributed by atoms with van der Waals surface area (Å²) in [5.41, 5.74) is -1.22. The predicted octanol–water partition coefficient (Wildman–Crippen LogP) is 5.08. The number of nitrogens with one attached hydrogen (secondary N) is 1. The van der Waals surface area contributed by atoms with Gasteiger partial charge in [0, 0.05) is 0 Å². The summed E-state index contributed by atoms with van der Waals surface area (Å²) < 4.78 is 73.1. The van der Waals surface area contributed by atoms with Gasteiger partial charge in [0.15, 0.2) is 5.76 Å². The predicted molar refractivity (Wildman–Crippen MR) is 108 cm³/mol. The molecule has 14 heteroatoms. The number of nitrogens with zero attached hydrogens (tertiary/aromatic N) is 5. The van der Waals surface area contributed by atoms with Crippen molar-refractivity contribution in [1.29, 1.82) is 0 Å². The second-order valence-electron chi connectivity index (χ2n) is 6.96. The molecular formula is C20H14ClF5N6O2. The highest BCUT2D eigenvalue weighted by Crippen LogP contribution is 2.35.